The topological polar surface area (TPSA) is 71.4 Å². The van der Waals surface area contributed by atoms with Gasteiger partial charge in [-0.3, -0.25) is 4.57 Å². The van der Waals surface area contributed by atoms with Gasteiger partial charge in [-0.2, -0.15) is 0 Å². The van der Waals surface area contributed by atoms with Crippen molar-refractivity contribution in [1.82, 2.24) is 24.5 Å². The van der Waals surface area contributed by atoms with Gasteiger partial charge in [-0.1, -0.05) is 0 Å². The average Bonchev–Trinajstić information content (AvgIpc) is 3.10. The van der Waals surface area contributed by atoms with Gasteiger partial charge in [0.05, 0.1) is 30.5 Å². The third kappa shape index (κ3) is 2.22. The first-order valence-electron chi connectivity index (χ1n) is 5.57. The lowest BCUT2D eigenvalue weighted by Gasteiger charge is -2.05. The Balaban J connectivity index is 1.68. The van der Waals surface area contributed by atoms with Gasteiger partial charge in [0.2, 0.25) is 0 Å². The lowest BCUT2D eigenvalue weighted by atomic mass is 10.3. The number of imidazole rings is 2. The molecular formula is C12H12N6. The number of nitrogens with zero attached hydrogens (tertiary/aromatic N) is 4. The van der Waals surface area contributed by atoms with Gasteiger partial charge < -0.3 is 10.3 Å². The van der Waals surface area contributed by atoms with Crippen molar-refractivity contribution >= 4 is 5.69 Å². The summed E-state index contributed by atoms with van der Waals surface area (Å²) in [7, 11) is 0. The van der Waals surface area contributed by atoms with E-state index in [0.29, 0.717) is 6.54 Å². The average molecular weight is 240 g/mol. The third-order valence-electron chi connectivity index (χ3n) is 2.55. The van der Waals surface area contributed by atoms with Gasteiger partial charge in [0, 0.05) is 18.6 Å². The van der Waals surface area contributed by atoms with Gasteiger partial charge >= 0.3 is 0 Å². The van der Waals surface area contributed by atoms with Crippen LogP contribution >= 0.6 is 0 Å². The van der Waals surface area contributed by atoms with Crippen LogP contribution in [0.25, 0.3) is 5.82 Å². The van der Waals surface area contributed by atoms with Gasteiger partial charge in [-0.05, 0) is 12.1 Å². The maximum atomic E-state index is 4.36. The van der Waals surface area contributed by atoms with Crippen LogP contribution in [0, 0.1) is 0 Å². The Kier molecular flexibility index (Phi) is 2.75. The van der Waals surface area contributed by atoms with E-state index >= 15 is 0 Å². The first-order valence-corrected chi connectivity index (χ1v) is 5.57. The summed E-state index contributed by atoms with van der Waals surface area (Å²) in [4.78, 5) is 15.3. The summed E-state index contributed by atoms with van der Waals surface area (Å²) in [5.41, 5.74) is 2.00. The summed E-state index contributed by atoms with van der Waals surface area (Å²) in [6.45, 7) is 0.700. The second-order valence-corrected chi connectivity index (χ2v) is 3.81. The van der Waals surface area contributed by atoms with Crippen LogP contribution in [0.2, 0.25) is 0 Å². The zero-order chi connectivity index (χ0) is 12.2. The van der Waals surface area contributed by atoms with Crippen LogP contribution in [0.4, 0.5) is 5.69 Å². The van der Waals surface area contributed by atoms with E-state index in [1.807, 2.05) is 22.9 Å². The van der Waals surface area contributed by atoms with Crippen LogP contribution in [-0.4, -0.2) is 24.5 Å². The van der Waals surface area contributed by atoms with E-state index in [4.69, 9.17) is 0 Å². The van der Waals surface area contributed by atoms with Crippen molar-refractivity contribution in [2.75, 3.05) is 5.32 Å². The molecule has 0 bridgehead atoms. The Morgan fingerprint density at radius 3 is 2.89 bits per heavy atom. The van der Waals surface area contributed by atoms with E-state index in [1.165, 1.54) is 0 Å². The number of pyridine rings is 1. The van der Waals surface area contributed by atoms with Crippen molar-refractivity contribution in [3.63, 3.8) is 0 Å². The predicted octanol–water partition coefficient (Wildman–Crippen LogP) is 1.60. The largest absolute Gasteiger partial charge is 0.378 e. The van der Waals surface area contributed by atoms with Crippen LogP contribution in [-0.2, 0) is 6.54 Å². The van der Waals surface area contributed by atoms with Crippen molar-refractivity contribution in [1.29, 1.82) is 0 Å². The number of aromatic nitrogens is 5. The molecule has 0 aromatic carbocycles. The first-order chi connectivity index (χ1) is 8.92. The number of hydrogen-bond acceptors (Lipinski definition) is 4. The fourth-order valence-electron chi connectivity index (χ4n) is 1.62. The molecule has 0 fully saturated rings. The Labute approximate surface area is 104 Å². The van der Waals surface area contributed by atoms with Crippen molar-refractivity contribution in [3.8, 4) is 5.82 Å². The summed E-state index contributed by atoms with van der Waals surface area (Å²) in [5.74, 6) is 0.847. The second-order valence-electron chi connectivity index (χ2n) is 3.81. The van der Waals surface area contributed by atoms with Gasteiger partial charge in [0.25, 0.3) is 0 Å². The fraction of sp³-hybridized carbons (Fsp3) is 0.0833. The molecule has 2 N–H and O–H groups in total. The van der Waals surface area contributed by atoms with Crippen molar-refractivity contribution < 1.29 is 0 Å². The second kappa shape index (κ2) is 4.70. The summed E-state index contributed by atoms with van der Waals surface area (Å²) >= 11 is 0. The maximum Gasteiger partial charge on any atom is 0.137 e. The molecule has 0 saturated carbocycles. The number of hydrogen-bond donors (Lipinski definition) is 2. The van der Waals surface area contributed by atoms with Crippen molar-refractivity contribution in [2.24, 2.45) is 0 Å². The van der Waals surface area contributed by atoms with E-state index < -0.39 is 0 Å². The van der Waals surface area contributed by atoms with Gasteiger partial charge in [-0.25, -0.2) is 15.0 Å². The normalized spacial score (nSPS) is 10.4. The molecule has 0 saturated heterocycles. The van der Waals surface area contributed by atoms with Crippen molar-refractivity contribution in [2.45, 2.75) is 6.54 Å². The highest BCUT2D eigenvalue weighted by molar-refractivity contribution is 5.43. The summed E-state index contributed by atoms with van der Waals surface area (Å²) in [5, 5.41) is 3.26. The minimum Gasteiger partial charge on any atom is -0.378 e. The molecule has 3 aromatic rings. The summed E-state index contributed by atoms with van der Waals surface area (Å²) < 4.78 is 1.86. The molecule has 0 radical (unpaired) electrons. The predicted molar refractivity (Wildman–Crippen MR) is 67.3 cm³/mol. The maximum absolute atomic E-state index is 4.36. The summed E-state index contributed by atoms with van der Waals surface area (Å²) in [6, 6.07) is 3.93. The van der Waals surface area contributed by atoms with E-state index in [-0.39, 0.29) is 0 Å². The molecule has 0 amide bonds. The molecular weight excluding hydrogens is 228 g/mol. The highest BCUT2D eigenvalue weighted by atomic mass is 15.1. The molecule has 3 heterocycles. The zero-order valence-electron chi connectivity index (χ0n) is 9.61. The quantitative estimate of drug-likeness (QED) is 0.726. The number of anilines is 1. The van der Waals surface area contributed by atoms with Gasteiger partial charge in [-0.15, -0.1) is 0 Å². The minimum absolute atomic E-state index is 0.700. The Hall–Kier alpha value is -2.63. The first kappa shape index (κ1) is 10.5. The van der Waals surface area contributed by atoms with Crippen LogP contribution in [0.15, 0.2) is 49.6 Å². The molecule has 6 nitrogen and oxygen atoms in total. The van der Waals surface area contributed by atoms with Crippen molar-refractivity contribution in [3.05, 3.63) is 55.3 Å². The molecule has 90 valence electrons. The van der Waals surface area contributed by atoms with Crippen LogP contribution < -0.4 is 5.32 Å². The fourth-order valence-corrected chi connectivity index (χ4v) is 1.62. The molecule has 0 unspecified atom stereocenters. The lowest BCUT2D eigenvalue weighted by molar-refractivity contribution is 0.988. The SMILES string of the molecule is c1cn(-c2ccc(NCc3cnc[nH]3)cn2)cn1. The third-order valence-corrected chi connectivity index (χ3v) is 2.55. The molecule has 3 rings (SSSR count). The number of nitrogens with one attached hydrogen (secondary N) is 2. The lowest BCUT2D eigenvalue weighted by Crippen LogP contribution is -2.01. The van der Waals surface area contributed by atoms with Gasteiger partial charge in [0.1, 0.15) is 12.1 Å². The summed E-state index contributed by atoms with van der Waals surface area (Å²) in [6.07, 6.45) is 10.6. The molecule has 18 heavy (non-hydrogen) atoms. The Bertz CT molecular complexity index is 582. The smallest absolute Gasteiger partial charge is 0.137 e. The number of H-pyrrole nitrogens is 1. The number of aromatic amines is 1. The van der Waals surface area contributed by atoms with E-state index in [2.05, 4.69) is 25.3 Å². The van der Waals surface area contributed by atoms with Crippen LogP contribution in [0.3, 0.4) is 0 Å². The highest BCUT2D eigenvalue weighted by Crippen LogP contribution is 2.10. The molecule has 0 aliphatic rings. The molecule has 6 heteroatoms. The zero-order valence-corrected chi connectivity index (χ0v) is 9.61. The number of rotatable bonds is 4. The minimum atomic E-state index is 0.700. The van der Waals surface area contributed by atoms with E-state index in [0.717, 1.165) is 17.2 Å². The van der Waals surface area contributed by atoms with E-state index in [1.54, 1.807) is 31.2 Å². The molecule has 3 aromatic heterocycles. The molecule has 0 spiro atoms. The van der Waals surface area contributed by atoms with Crippen LogP contribution in [0.5, 0.6) is 0 Å². The van der Waals surface area contributed by atoms with Crippen LogP contribution in [0.1, 0.15) is 5.69 Å². The highest BCUT2D eigenvalue weighted by Gasteiger charge is 1.98. The monoisotopic (exact) mass is 240 g/mol. The molecule has 0 aliphatic heterocycles. The Morgan fingerprint density at radius 1 is 1.22 bits per heavy atom. The van der Waals surface area contributed by atoms with E-state index in [9.17, 15) is 0 Å². The molecule has 0 aliphatic carbocycles. The molecule has 0 atom stereocenters. The standard InChI is InChI=1S/C12H12N6/c1-2-12(18-4-3-13-9-18)16-6-10(1)15-7-11-5-14-8-17-11/h1-6,8-9,15H,7H2,(H,14,17). The Morgan fingerprint density at radius 2 is 2.22 bits per heavy atom. The van der Waals surface area contributed by atoms with Gasteiger partial charge in [0.15, 0.2) is 0 Å².